The quantitative estimate of drug-likeness (QED) is 0.845. The number of rotatable bonds is 6. The molecule has 0 aromatic heterocycles. The first kappa shape index (κ1) is 15.8. The third-order valence-electron chi connectivity index (χ3n) is 4.08. The van der Waals surface area contributed by atoms with E-state index in [1.54, 1.807) is 0 Å². The highest BCUT2D eigenvalue weighted by molar-refractivity contribution is 5.76. The molecule has 0 spiro atoms. The fourth-order valence-electron chi connectivity index (χ4n) is 2.85. The molecule has 0 radical (unpaired) electrons. The summed E-state index contributed by atoms with van der Waals surface area (Å²) >= 11 is 0. The number of benzene rings is 1. The zero-order valence-electron chi connectivity index (χ0n) is 13.0. The zero-order chi connectivity index (χ0) is 15.2. The van der Waals surface area contributed by atoms with Crippen LogP contribution in [0.5, 0.6) is 5.75 Å². The van der Waals surface area contributed by atoms with Crippen molar-refractivity contribution in [1.29, 1.82) is 0 Å². The summed E-state index contributed by atoms with van der Waals surface area (Å²) in [4.78, 5) is 11.9. The number of ether oxygens (including phenoxy) is 1. The molecule has 1 aromatic rings. The standard InChI is InChI=1S/C17H26N2O2/c1-12-5-3-7-15(9-12)21-13(2)11-19-17(20)10-14-6-4-8-16(14)18/h3,5,7,9,13-14,16H,4,6,8,10-11,18H2,1-2H3,(H,19,20)/t13?,14-,16+/m0/s1. The topological polar surface area (TPSA) is 64.3 Å². The van der Waals surface area contributed by atoms with E-state index in [4.69, 9.17) is 10.5 Å². The van der Waals surface area contributed by atoms with E-state index >= 15 is 0 Å². The fraction of sp³-hybridized carbons (Fsp3) is 0.588. The second-order valence-corrected chi connectivity index (χ2v) is 6.11. The van der Waals surface area contributed by atoms with Gasteiger partial charge in [-0.25, -0.2) is 0 Å². The van der Waals surface area contributed by atoms with Crippen molar-refractivity contribution < 1.29 is 9.53 Å². The van der Waals surface area contributed by atoms with Gasteiger partial charge in [-0.05, 0) is 50.3 Å². The molecule has 1 saturated carbocycles. The van der Waals surface area contributed by atoms with Crippen LogP contribution >= 0.6 is 0 Å². The van der Waals surface area contributed by atoms with E-state index in [0.717, 1.165) is 25.0 Å². The molecule has 4 nitrogen and oxygen atoms in total. The summed E-state index contributed by atoms with van der Waals surface area (Å²) in [7, 11) is 0. The number of aryl methyl sites for hydroxylation is 1. The van der Waals surface area contributed by atoms with Crippen molar-refractivity contribution in [2.45, 2.75) is 51.7 Å². The maximum atomic E-state index is 11.9. The molecule has 116 valence electrons. The highest BCUT2D eigenvalue weighted by Gasteiger charge is 2.26. The van der Waals surface area contributed by atoms with Gasteiger partial charge in [0.2, 0.25) is 5.91 Å². The zero-order valence-corrected chi connectivity index (χ0v) is 13.0. The third kappa shape index (κ3) is 5.05. The predicted molar refractivity (Wildman–Crippen MR) is 84.2 cm³/mol. The van der Waals surface area contributed by atoms with Crippen molar-refractivity contribution in [3.8, 4) is 5.75 Å². The number of amides is 1. The van der Waals surface area contributed by atoms with Gasteiger partial charge >= 0.3 is 0 Å². The van der Waals surface area contributed by atoms with Crippen molar-refractivity contribution >= 4 is 5.91 Å². The van der Waals surface area contributed by atoms with Crippen molar-refractivity contribution in [1.82, 2.24) is 5.32 Å². The van der Waals surface area contributed by atoms with Gasteiger partial charge in [0.1, 0.15) is 11.9 Å². The number of carbonyl (C=O) groups excluding carboxylic acids is 1. The molecule has 4 heteroatoms. The lowest BCUT2D eigenvalue weighted by molar-refractivity contribution is -0.122. The average molecular weight is 290 g/mol. The molecule has 1 unspecified atom stereocenters. The summed E-state index contributed by atoms with van der Waals surface area (Å²) < 4.78 is 5.80. The van der Waals surface area contributed by atoms with Crippen molar-refractivity contribution in [2.24, 2.45) is 11.7 Å². The number of carbonyl (C=O) groups is 1. The first-order chi connectivity index (χ1) is 10.0. The predicted octanol–water partition coefficient (Wildman–Crippen LogP) is 2.40. The molecule has 1 aliphatic carbocycles. The largest absolute Gasteiger partial charge is 0.489 e. The van der Waals surface area contributed by atoms with Crippen LogP contribution < -0.4 is 15.8 Å². The lowest BCUT2D eigenvalue weighted by Gasteiger charge is -2.18. The minimum absolute atomic E-state index is 0.0481. The minimum Gasteiger partial charge on any atom is -0.489 e. The molecule has 2 rings (SSSR count). The smallest absolute Gasteiger partial charge is 0.220 e. The fourth-order valence-corrected chi connectivity index (χ4v) is 2.85. The Morgan fingerprint density at radius 2 is 2.29 bits per heavy atom. The van der Waals surface area contributed by atoms with Crippen LogP contribution in [0.25, 0.3) is 0 Å². The first-order valence-electron chi connectivity index (χ1n) is 7.80. The van der Waals surface area contributed by atoms with Crippen LogP contribution in [0.2, 0.25) is 0 Å². The molecule has 1 aliphatic rings. The number of nitrogens with two attached hydrogens (primary N) is 1. The Morgan fingerprint density at radius 3 is 2.95 bits per heavy atom. The molecule has 21 heavy (non-hydrogen) atoms. The Labute approximate surface area is 127 Å². The Hall–Kier alpha value is -1.55. The summed E-state index contributed by atoms with van der Waals surface area (Å²) in [5.41, 5.74) is 7.16. The van der Waals surface area contributed by atoms with E-state index in [0.29, 0.717) is 18.9 Å². The van der Waals surface area contributed by atoms with E-state index in [2.05, 4.69) is 5.32 Å². The summed E-state index contributed by atoms with van der Waals surface area (Å²) in [5, 5.41) is 2.95. The van der Waals surface area contributed by atoms with Gasteiger partial charge < -0.3 is 15.8 Å². The van der Waals surface area contributed by atoms with Crippen LogP contribution in [0, 0.1) is 12.8 Å². The van der Waals surface area contributed by atoms with Gasteiger partial charge in [-0.15, -0.1) is 0 Å². The molecule has 1 fully saturated rings. The van der Waals surface area contributed by atoms with Crippen LogP contribution in [0.1, 0.15) is 38.2 Å². The SMILES string of the molecule is Cc1cccc(OC(C)CNC(=O)C[C@@H]2CCC[C@H]2N)c1. The number of hydrogen-bond acceptors (Lipinski definition) is 3. The average Bonchev–Trinajstić information content (AvgIpc) is 2.82. The van der Waals surface area contributed by atoms with Crippen molar-refractivity contribution in [3.05, 3.63) is 29.8 Å². The lowest BCUT2D eigenvalue weighted by Crippen LogP contribution is -2.36. The van der Waals surface area contributed by atoms with E-state index in [9.17, 15) is 4.79 Å². The number of hydrogen-bond donors (Lipinski definition) is 2. The van der Waals surface area contributed by atoms with Crippen LogP contribution in [0.3, 0.4) is 0 Å². The summed E-state index contributed by atoms with van der Waals surface area (Å²) in [6, 6.07) is 8.12. The summed E-state index contributed by atoms with van der Waals surface area (Å²) in [6.07, 6.45) is 3.76. The van der Waals surface area contributed by atoms with Gasteiger partial charge in [0.15, 0.2) is 0 Å². The van der Waals surface area contributed by atoms with Crippen LogP contribution in [-0.4, -0.2) is 24.6 Å². The molecule has 0 saturated heterocycles. The molecule has 0 heterocycles. The summed E-state index contributed by atoms with van der Waals surface area (Å²) in [6.45, 7) is 4.52. The van der Waals surface area contributed by atoms with Gasteiger partial charge in [0, 0.05) is 12.5 Å². The van der Waals surface area contributed by atoms with E-state index < -0.39 is 0 Å². The molecular weight excluding hydrogens is 264 g/mol. The van der Waals surface area contributed by atoms with E-state index in [1.807, 2.05) is 38.1 Å². The van der Waals surface area contributed by atoms with Gasteiger partial charge in [-0.3, -0.25) is 4.79 Å². The molecule has 1 amide bonds. The lowest BCUT2D eigenvalue weighted by atomic mass is 10.00. The van der Waals surface area contributed by atoms with Gasteiger partial charge in [0.05, 0.1) is 6.54 Å². The Bertz CT molecular complexity index is 476. The molecule has 3 atom stereocenters. The van der Waals surface area contributed by atoms with Crippen molar-refractivity contribution in [2.75, 3.05) is 6.54 Å². The second kappa shape index (κ2) is 7.46. The van der Waals surface area contributed by atoms with E-state index in [1.165, 1.54) is 5.56 Å². The van der Waals surface area contributed by atoms with Crippen LogP contribution in [0.15, 0.2) is 24.3 Å². The first-order valence-corrected chi connectivity index (χ1v) is 7.80. The van der Waals surface area contributed by atoms with Crippen LogP contribution in [0.4, 0.5) is 0 Å². The Morgan fingerprint density at radius 1 is 1.48 bits per heavy atom. The van der Waals surface area contributed by atoms with Crippen LogP contribution in [-0.2, 0) is 4.79 Å². The normalized spacial score (nSPS) is 22.8. The second-order valence-electron chi connectivity index (χ2n) is 6.11. The third-order valence-corrected chi connectivity index (χ3v) is 4.08. The summed E-state index contributed by atoms with van der Waals surface area (Å²) in [5.74, 6) is 1.27. The van der Waals surface area contributed by atoms with Gasteiger partial charge in [-0.1, -0.05) is 18.6 Å². The van der Waals surface area contributed by atoms with Crippen molar-refractivity contribution in [3.63, 3.8) is 0 Å². The number of nitrogens with one attached hydrogen (secondary N) is 1. The molecule has 0 bridgehead atoms. The highest BCUT2D eigenvalue weighted by atomic mass is 16.5. The maximum absolute atomic E-state index is 11.9. The monoisotopic (exact) mass is 290 g/mol. The maximum Gasteiger partial charge on any atom is 0.220 e. The Balaban J connectivity index is 1.70. The molecular formula is C17H26N2O2. The van der Waals surface area contributed by atoms with E-state index in [-0.39, 0.29) is 18.1 Å². The Kier molecular flexibility index (Phi) is 5.62. The molecule has 3 N–H and O–H groups in total. The molecule has 1 aromatic carbocycles. The van der Waals surface area contributed by atoms with Gasteiger partial charge in [-0.2, -0.15) is 0 Å². The highest BCUT2D eigenvalue weighted by Crippen LogP contribution is 2.26. The minimum atomic E-state index is -0.0481. The van der Waals surface area contributed by atoms with Gasteiger partial charge in [0.25, 0.3) is 0 Å². The molecule has 0 aliphatic heterocycles.